The van der Waals surface area contributed by atoms with Gasteiger partial charge < -0.3 is 86.1 Å². The number of likely N-dealkylation sites (tertiary alicyclic amines) is 1. The van der Waals surface area contributed by atoms with Crippen molar-refractivity contribution in [2.24, 2.45) is 33.7 Å². The molecule has 20 N–H and O–H groups in total. The number of aliphatic hydroxyl groups is 1. The highest BCUT2D eigenvalue weighted by Gasteiger charge is 2.39. The molecule has 0 saturated carbocycles. The zero-order valence-electron chi connectivity index (χ0n) is 39.2. The van der Waals surface area contributed by atoms with Gasteiger partial charge in [0.25, 0.3) is 0 Å². The van der Waals surface area contributed by atoms with Crippen LogP contribution in [0.4, 0.5) is 0 Å². The number of phenolic OH excluding ortho intramolecular Hbond substituents is 1. The van der Waals surface area contributed by atoms with E-state index in [0.29, 0.717) is 18.4 Å². The molecule has 0 unspecified atom stereocenters. The number of phenols is 1. The molecule has 1 aliphatic heterocycles. The summed E-state index contributed by atoms with van der Waals surface area (Å²) in [6.07, 6.45) is 0.0430. The number of nitrogens with zero attached hydrogens (tertiary/aromatic N) is 2. The van der Waals surface area contributed by atoms with E-state index in [1.54, 1.807) is 0 Å². The summed E-state index contributed by atoms with van der Waals surface area (Å²) in [5.41, 5.74) is 28.1. The van der Waals surface area contributed by atoms with Crippen molar-refractivity contribution < 1.29 is 63.3 Å². The lowest BCUT2D eigenvalue weighted by Gasteiger charge is -2.29. The molecule has 1 aromatic carbocycles. The van der Waals surface area contributed by atoms with E-state index in [9.17, 15) is 63.3 Å². The third kappa shape index (κ3) is 20.8. The molecule has 9 amide bonds. The Hall–Kier alpha value is -6.43. The number of thiol groups is 2. The number of benzene rings is 1. The van der Waals surface area contributed by atoms with Crippen molar-refractivity contribution in [2.45, 2.75) is 119 Å². The summed E-state index contributed by atoms with van der Waals surface area (Å²) in [5.74, 6) is -10.3. The van der Waals surface area contributed by atoms with Crippen LogP contribution in [-0.4, -0.2) is 177 Å². The predicted octanol–water partition coefficient (Wildman–Crippen LogP) is -6.34. The minimum Gasteiger partial charge on any atom is -0.508 e. The van der Waals surface area contributed by atoms with Crippen molar-refractivity contribution in [3.05, 3.63) is 29.8 Å². The maximum atomic E-state index is 13.9. The molecule has 1 aliphatic rings. The number of aliphatic hydroxyl groups excluding tert-OH is 1. The van der Waals surface area contributed by atoms with Gasteiger partial charge in [-0.05, 0) is 76.1 Å². The zero-order valence-corrected chi connectivity index (χ0v) is 41.0. The summed E-state index contributed by atoms with van der Waals surface area (Å²) < 4.78 is 0. The summed E-state index contributed by atoms with van der Waals surface area (Å²) >= 11 is 7.95. The van der Waals surface area contributed by atoms with E-state index in [2.05, 4.69) is 67.5 Å². The highest BCUT2D eigenvalue weighted by Crippen LogP contribution is 2.20. The van der Waals surface area contributed by atoms with Crippen molar-refractivity contribution in [3.63, 3.8) is 0 Å². The highest BCUT2D eigenvalue weighted by atomic mass is 32.1. The molecular weight excluding hydrogens is 973 g/mol. The van der Waals surface area contributed by atoms with Crippen LogP contribution in [0.25, 0.3) is 0 Å². The highest BCUT2D eigenvalue weighted by molar-refractivity contribution is 7.80. The number of hydrogen-bond donors (Lipinski definition) is 17. The number of primary amides is 1. The summed E-state index contributed by atoms with van der Waals surface area (Å²) in [7, 11) is 0. The maximum absolute atomic E-state index is 13.9. The average Bonchev–Trinajstić information content (AvgIpc) is 3.82. The molecule has 1 saturated heterocycles. The number of aliphatic carboxylic acids is 1. The molecule has 0 spiro atoms. The van der Waals surface area contributed by atoms with Crippen LogP contribution in [-0.2, 0) is 54.4 Å². The van der Waals surface area contributed by atoms with Gasteiger partial charge in [-0.25, -0.2) is 4.79 Å². The Morgan fingerprint density at radius 3 is 1.82 bits per heavy atom. The van der Waals surface area contributed by atoms with Crippen molar-refractivity contribution in [1.82, 2.24) is 42.1 Å². The number of unbranched alkanes of at least 4 members (excludes halogenated alkanes) is 1. The van der Waals surface area contributed by atoms with Crippen LogP contribution in [0.15, 0.2) is 29.3 Å². The van der Waals surface area contributed by atoms with E-state index in [1.165, 1.54) is 36.1 Å². The smallest absolute Gasteiger partial charge is 0.327 e. The zero-order chi connectivity index (χ0) is 53.4. The van der Waals surface area contributed by atoms with Gasteiger partial charge in [0.05, 0.1) is 19.1 Å². The van der Waals surface area contributed by atoms with E-state index < -0.39 is 127 Å². The number of carbonyl (C=O) groups is 10. The lowest BCUT2D eigenvalue weighted by molar-refractivity contribution is -0.142. The number of hydrogen-bond acceptors (Lipinski definition) is 17. The number of aromatic hydroxyl groups is 1. The Labute approximate surface area is 420 Å². The van der Waals surface area contributed by atoms with Crippen LogP contribution < -0.4 is 65.9 Å². The number of aliphatic imine (C=N–C) groups is 1. The Morgan fingerprint density at radius 1 is 0.718 bits per heavy atom. The standard InChI is InChI=1S/C42H68N14O13S2/c1-21(49-33(60)24(44)19-70)40(67)56-15-5-8-31(56)39(66)51-26(7-4-14-48-42(46)47)35(62)54-29(18-57)38(65)53-28(17-32(45)59)37(64)50-25(6-2-3-13-43)34(61)52-27(16-22-9-11-23(58)12-10-22)36(63)55-30(20-71)41(68)69/h9-12,21,24-31,57-58,70-71H,2-8,13-20,43-44H2,1H3,(H2,45,59)(H,49,60)(H,50,64)(H,51,66)(H,52,61)(H,53,65)(H,54,62)(H,55,63)(H,68,69)(H4,46,47,48)/t21-,24-,25-,26-,27-,28-,29-,30-,31-/m0/s1. The maximum Gasteiger partial charge on any atom is 0.327 e. The van der Waals surface area contributed by atoms with Crippen molar-refractivity contribution >= 4 is 90.4 Å². The van der Waals surface area contributed by atoms with Crippen LogP contribution in [0.5, 0.6) is 5.75 Å². The second-order valence-electron chi connectivity index (χ2n) is 16.6. The molecule has 0 aromatic heterocycles. The average molecular weight is 1040 g/mol. The minimum atomic E-state index is -1.82. The first-order valence-corrected chi connectivity index (χ1v) is 23.9. The number of carboxylic acid groups (broad SMARTS) is 1. The van der Waals surface area contributed by atoms with Gasteiger partial charge in [-0.15, -0.1) is 0 Å². The predicted molar refractivity (Wildman–Crippen MR) is 263 cm³/mol. The fourth-order valence-electron chi connectivity index (χ4n) is 7.05. The van der Waals surface area contributed by atoms with E-state index in [1.807, 2.05) is 0 Å². The number of carboxylic acids is 1. The number of nitrogens with two attached hydrogens (primary N) is 5. The first kappa shape index (κ1) is 60.7. The third-order valence-corrected chi connectivity index (χ3v) is 11.7. The third-order valence-electron chi connectivity index (χ3n) is 10.9. The number of carbonyl (C=O) groups excluding carboxylic acids is 9. The normalized spacial score (nSPS) is 16.5. The number of rotatable bonds is 31. The first-order valence-electron chi connectivity index (χ1n) is 22.6. The second-order valence-corrected chi connectivity index (χ2v) is 17.3. The van der Waals surface area contributed by atoms with Crippen molar-refractivity contribution in [2.75, 3.05) is 37.7 Å². The molecule has 0 bridgehead atoms. The minimum absolute atomic E-state index is 0.00818. The summed E-state index contributed by atoms with van der Waals surface area (Å²) in [6.45, 7) is 0.687. The largest absolute Gasteiger partial charge is 0.508 e. The number of guanidine groups is 1. The summed E-state index contributed by atoms with van der Waals surface area (Å²) in [6, 6.07) is -6.98. The Morgan fingerprint density at radius 2 is 1.25 bits per heavy atom. The molecule has 71 heavy (non-hydrogen) atoms. The van der Waals surface area contributed by atoms with Crippen molar-refractivity contribution in [1.29, 1.82) is 0 Å². The van der Waals surface area contributed by atoms with Crippen LogP contribution in [0, 0.1) is 0 Å². The van der Waals surface area contributed by atoms with E-state index in [-0.39, 0.29) is 81.4 Å². The van der Waals surface area contributed by atoms with E-state index in [4.69, 9.17) is 28.7 Å². The lowest BCUT2D eigenvalue weighted by atomic mass is 10.0. The summed E-state index contributed by atoms with van der Waals surface area (Å²) in [5, 5.41) is 46.4. The van der Waals surface area contributed by atoms with Gasteiger partial charge in [0.1, 0.15) is 54.1 Å². The molecule has 0 aliphatic carbocycles. The number of amides is 9. The van der Waals surface area contributed by atoms with Gasteiger partial charge in [0.2, 0.25) is 53.2 Å². The SMILES string of the molecule is C[C@H](NC(=O)[C@@H](N)CS)C(=O)N1CCC[C@H]1C(=O)N[C@@H](CCCN=C(N)N)C(=O)N[C@@H](CO)C(=O)N[C@@H](CC(N)=O)C(=O)N[C@@H](CCCCN)C(=O)N[C@@H](Cc1ccc(O)cc1)C(=O)N[C@@H](CS)C(=O)O. The molecule has 1 aromatic rings. The fraction of sp³-hybridized carbons (Fsp3) is 0.595. The van der Waals surface area contributed by atoms with Crippen LogP contribution in [0.3, 0.4) is 0 Å². The van der Waals surface area contributed by atoms with Gasteiger partial charge in [0, 0.05) is 31.0 Å². The van der Waals surface area contributed by atoms with Gasteiger partial charge in [0.15, 0.2) is 5.96 Å². The summed E-state index contributed by atoms with van der Waals surface area (Å²) in [4.78, 5) is 137. The molecule has 9 atom stereocenters. The second kappa shape index (κ2) is 31.0. The van der Waals surface area contributed by atoms with Crippen LogP contribution in [0.2, 0.25) is 0 Å². The van der Waals surface area contributed by atoms with Gasteiger partial charge in [-0.3, -0.25) is 48.1 Å². The molecule has 29 heteroatoms. The topological polar surface area (TPSA) is 461 Å². The molecule has 0 radical (unpaired) electrons. The van der Waals surface area contributed by atoms with Gasteiger partial charge in [-0.1, -0.05) is 12.1 Å². The molecular formula is C42H68N14O13S2. The van der Waals surface area contributed by atoms with E-state index in [0.717, 1.165) is 0 Å². The van der Waals surface area contributed by atoms with Crippen LogP contribution in [0.1, 0.15) is 63.9 Å². The van der Waals surface area contributed by atoms with Gasteiger partial charge in [-0.2, -0.15) is 25.3 Å². The Kier molecular flexibility index (Phi) is 26.5. The molecule has 1 fully saturated rings. The monoisotopic (exact) mass is 1040 g/mol. The quantitative estimate of drug-likeness (QED) is 0.0142. The molecule has 396 valence electrons. The first-order chi connectivity index (χ1) is 33.6. The Bertz CT molecular complexity index is 2050. The van der Waals surface area contributed by atoms with Crippen molar-refractivity contribution in [3.8, 4) is 5.75 Å². The van der Waals surface area contributed by atoms with Gasteiger partial charge >= 0.3 is 5.97 Å². The number of nitrogens with one attached hydrogen (secondary N) is 7. The van der Waals surface area contributed by atoms with E-state index >= 15 is 0 Å². The fourth-order valence-corrected chi connectivity index (χ4v) is 7.46. The lowest BCUT2D eigenvalue weighted by Crippen LogP contribution is -2.61. The molecule has 1 heterocycles. The molecule has 27 nitrogen and oxygen atoms in total. The molecule has 2 rings (SSSR count). The Balaban J connectivity index is 2.34. The van der Waals surface area contributed by atoms with Crippen LogP contribution >= 0.6 is 25.3 Å².